The number of hydrogen-bond acceptors (Lipinski definition) is 2. The number of aryl methyl sites for hydroxylation is 3. The second kappa shape index (κ2) is 6.42. The molecule has 0 saturated carbocycles. The molecular formula is C19H22N2O2S. The molecule has 0 aliphatic carbocycles. The van der Waals surface area contributed by atoms with Gasteiger partial charge in [0.1, 0.15) is 0 Å². The third-order valence-electron chi connectivity index (χ3n) is 4.45. The summed E-state index contributed by atoms with van der Waals surface area (Å²) in [6, 6.07) is 15.7. The Kier molecular flexibility index (Phi) is 4.47. The summed E-state index contributed by atoms with van der Waals surface area (Å²) in [5.74, 6) is 0.00631. The van der Waals surface area contributed by atoms with Crippen LogP contribution in [0.2, 0.25) is 0 Å². The Labute approximate surface area is 143 Å². The number of aromatic nitrogens is 1. The lowest BCUT2D eigenvalue weighted by Crippen LogP contribution is -2.25. The molecule has 1 N–H and O–H groups in total. The van der Waals surface area contributed by atoms with Gasteiger partial charge in [-0.3, -0.25) is 0 Å². The molecule has 3 aromatic rings. The molecule has 3 rings (SSSR count). The summed E-state index contributed by atoms with van der Waals surface area (Å²) in [4.78, 5) is 0. The van der Waals surface area contributed by atoms with E-state index in [0.717, 1.165) is 27.6 Å². The quantitative estimate of drug-likeness (QED) is 0.772. The summed E-state index contributed by atoms with van der Waals surface area (Å²) in [5, 5.41) is 1.13. The van der Waals surface area contributed by atoms with Gasteiger partial charge in [0, 0.05) is 30.2 Å². The number of sulfonamides is 1. The summed E-state index contributed by atoms with van der Waals surface area (Å²) in [6.45, 7) is 4.29. The molecule has 0 bridgehead atoms. The van der Waals surface area contributed by atoms with Crippen molar-refractivity contribution in [3.8, 4) is 0 Å². The summed E-state index contributed by atoms with van der Waals surface area (Å²) in [7, 11) is -1.34. The van der Waals surface area contributed by atoms with Crippen LogP contribution in [0.3, 0.4) is 0 Å². The van der Waals surface area contributed by atoms with Crippen LogP contribution in [0.15, 0.2) is 48.5 Å². The van der Waals surface area contributed by atoms with Crippen LogP contribution in [0, 0.1) is 13.8 Å². The Bertz CT molecular complexity index is 988. The number of hydrogen-bond donors (Lipinski definition) is 1. The van der Waals surface area contributed by atoms with Crippen LogP contribution in [0.25, 0.3) is 10.9 Å². The monoisotopic (exact) mass is 342 g/mol. The molecule has 0 aliphatic heterocycles. The highest BCUT2D eigenvalue weighted by Gasteiger charge is 2.13. The van der Waals surface area contributed by atoms with Crippen molar-refractivity contribution in [1.29, 1.82) is 0 Å². The highest BCUT2D eigenvalue weighted by molar-refractivity contribution is 7.88. The Hall–Kier alpha value is -2.11. The van der Waals surface area contributed by atoms with E-state index < -0.39 is 10.0 Å². The fourth-order valence-corrected chi connectivity index (χ4v) is 4.09. The number of rotatable bonds is 5. The van der Waals surface area contributed by atoms with E-state index in [2.05, 4.69) is 22.3 Å². The highest BCUT2D eigenvalue weighted by Crippen LogP contribution is 2.20. The Morgan fingerprint density at radius 3 is 2.54 bits per heavy atom. The van der Waals surface area contributed by atoms with Crippen molar-refractivity contribution in [3.05, 3.63) is 70.9 Å². The fraction of sp³-hybridized carbons (Fsp3) is 0.263. The molecule has 126 valence electrons. The van der Waals surface area contributed by atoms with Gasteiger partial charge in [-0.2, -0.15) is 0 Å². The molecule has 1 aromatic heterocycles. The molecule has 0 unspecified atom stereocenters. The van der Waals surface area contributed by atoms with Crippen molar-refractivity contribution >= 4 is 20.9 Å². The Morgan fingerprint density at radius 1 is 1.04 bits per heavy atom. The molecule has 0 aliphatic rings. The summed E-state index contributed by atoms with van der Waals surface area (Å²) in [6.07, 6.45) is 0. The second-order valence-electron chi connectivity index (χ2n) is 6.24. The van der Waals surface area contributed by atoms with E-state index in [0.29, 0.717) is 6.54 Å². The molecule has 1 heterocycles. The van der Waals surface area contributed by atoms with Crippen LogP contribution < -0.4 is 4.72 Å². The molecule has 24 heavy (non-hydrogen) atoms. The zero-order chi connectivity index (χ0) is 17.3. The molecule has 2 aromatic carbocycles. The number of fused-ring (bicyclic) bond motifs is 1. The zero-order valence-corrected chi connectivity index (χ0v) is 15.0. The van der Waals surface area contributed by atoms with Crippen LogP contribution in [-0.2, 0) is 29.4 Å². The Morgan fingerprint density at radius 2 is 1.79 bits per heavy atom. The van der Waals surface area contributed by atoms with E-state index in [1.807, 2.05) is 56.4 Å². The minimum Gasteiger partial charge on any atom is -0.348 e. The molecule has 0 saturated heterocycles. The van der Waals surface area contributed by atoms with Crippen LogP contribution in [0.4, 0.5) is 0 Å². The SMILES string of the molecule is Cc1ccccc1CS(=O)(=O)NCc1ccc2c(c1)cc(C)n2C. The van der Waals surface area contributed by atoms with E-state index in [9.17, 15) is 8.42 Å². The van der Waals surface area contributed by atoms with Crippen LogP contribution in [0.5, 0.6) is 0 Å². The third kappa shape index (κ3) is 3.52. The average Bonchev–Trinajstić information content (AvgIpc) is 2.82. The van der Waals surface area contributed by atoms with E-state index >= 15 is 0 Å². The van der Waals surface area contributed by atoms with Gasteiger partial charge in [0.05, 0.1) is 5.75 Å². The first-order valence-electron chi connectivity index (χ1n) is 7.92. The first kappa shape index (κ1) is 16.7. The molecule has 0 spiro atoms. The molecule has 0 amide bonds. The normalized spacial score (nSPS) is 12.0. The predicted octanol–water partition coefficient (Wildman–Crippen LogP) is 3.41. The van der Waals surface area contributed by atoms with Crippen molar-refractivity contribution in [1.82, 2.24) is 9.29 Å². The maximum atomic E-state index is 12.3. The number of nitrogens with one attached hydrogen (secondary N) is 1. The zero-order valence-electron chi connectivity index (χ0n) is 14.2. The number of benzene rings is 2. The van der Waals surface area contributed by atoms with E-state index in [1.165, 1.54) is 5.69 Å². The average molecular weight is 342 g/mol. The van der Waals surface area contributed by atoms with Gasteiger partial charge in [0.2, 0.25) is 10.0 Å². The van der Waals surface area contributed by atoms with Gasteiger partial charge < -0.3 is 4.57 Å². The first-order chi connectivity index (χ1) is 11.4. The lowest BCUT2D eigenvalue weighted by atomic mass is 10.1. The topological polar surface area (TPSA) is 51.1 Å². The molecule has 4 nitrogen and oxygen atoms in total. The maximum Gasteiger partial charge on any atom is 0.216 e. The van der Waals surface area contributed by atoms with Crippen molar-refractivity contribution < 1.29 is 8.42 Å². The van der Waals surface area contributed by atoms with Crippen molar-refractivity contribution in [2.75, 3.05) is 0 Å². The standard InChI is InChI=1S/C19H22N2O2S/c1-14-6-4-5-7-17(14)13-24(22,23)20-12-16-8-9-19-18(11-16)10-15(2)21(19)3/h4-11,20H,12-13H2,1-3H3. The van der Waals surface area contributed by atoms with Gasteiger partial charge in [-0.15, -0.1) is 0 Å². The van der Waals surface area contributed by atoms with Gasteiger partial charge in [-0.25, -0.2) is 13.1 Å². The van der Waals surface area contributed by atoms with Gasteiger partial charge >= 0.3 is 0 Å². The molecule has 5 heteroatoms. The third-order valence-corrected chi connectivity index (χ3v) is 5.72. The Balaban J connectivity index is 1.74. The van der Waals surface area contributed by atoms with Crippen LogP contribution in [0.1, 0.15) is 22.4 Å². The minimum atomic E-state index is -3.37. The molecule has 0 fully saturated rings. The highest BCUT2D eigenvalue weighted by atomic mass is 32.2. The summed E-state index contributed by atoms with van der Waals surface area (Å²) in [5.41, 5.74) is 5.12. The first-order valence-corrected chi connectivity index (χ1v) is 9.58. The lowest BCUT2D eigenvalue weighted by molar-refractivity contribution is 0.580. The lowest BCUT2D eigenvalue weighted by Gasteiger charge is -2.09. The summed E-state index contributed by atoms with van der Waals surface area (Å²) < 4.78 is 29.5. The summed E-state index contributed by atoms with van der Waals surface area (Å²) >= 11 is 0. The molecular weight excluding hydrogens is 320 g/mol. The largest absolute Gasteiger partial charge is 0.348 e. The van der Waals surface area contributed by atoms with Crippen LogP contribution in [-0.4, -0.2) is 13.0 Å². The van der Waals surface area contributed by atoms with E-state index in [-0.39, 0.29) is 5.75 Å². The van der Waals surface area contributed by atoms with E-state index in [4.69, 9.17) is 0 Å². The minimum absolute atomic E-state index is 0.00631. The number of nitrogens with zero attached hydrogens (tertiary/aromatic N) is 1. The van der Waals surface area contributed by atoms with Gasteiger partial charge in [-0.1, -0.05) is 30.3 Å². The van der Waals surface area contributed by atoms with Crippen LogP contribution >= 0.6 is 0 Å². The van der Waals surface area contributed by atoms with Gasteiger partial charge in [0.25, 0.3) is 0 Å². The van der Waals surface area contributed by atoms with Crippen molar-refractivity contribution in [3.63, 3.8) is 0 Å². The van der Waals surface area contributed by atoms with Gasteiger partial charge in [0.15, 0.2) is 0 Å². The second-order valence-corrected chi connectivity index (χ2v) is 8.05. The molecule has 0 radical (unpaired) electrons. The van der Waals surface area contributed by atoms with Crippen molar-refractivity contribution in [2.45, 2.75) is 26.1 Å². The maximum absolute atomic E-state index is 12.3. The van der Waals surface area contributed by atoms with Gasteiger partial charge in [-0.05, 0) is 48.7 Å². The van der Waals surface area contributed by atoms with E-state index in [1.54, 1.807) is 0 Å². The smallest absolute Gasteiger partial charge is 0.216 e. The van der Waals surface area contributed by atoms with Crippen molar-refractivity contribution in [2.24, 2.45) is 7.05 Å². The molecule has 0 atom stereocenters. The fourth-order valence-electron chi connectivity index (χ4n) is 2.87. The predicted molar refractivity (Wildman–Crippen MR) is 98.3 cm³/mol.